The first kappa shape index (κ1) is 17.1. The number of fused-ring (bicyclic) bond motifs is 1. The number of benzene rings is 1. The number of aromatic nitrogens is 2. The fraction of sp³-hybridized carbons (Fsp3) is 0.417. The number of aromatic amines is 1. The van der Waals surface area contributed by atoms with E-state index in [1.807, 2.05) is 18.5 Å². The van der Waals surface area contributed by atoms with Gasteiger partial charge in [0.25, 0.3) is 0 Å². The van der Waals surface area contributed by atoms with Gasteiger partial charge in [-0.25, -0.2) is 4.98 Å². The minimum Gasteiger partial charge on any atom is -0.368 e. The third-order valence-electron chi connectivity index (χ3n) is 7.20. The quantitative estimate of drug-likeness (QED) is 0.746. The van der Waals surface area contributed by atoms with Gasteiger partial charge in [-0.2, -0.15) is 0 Å². The molecule has 1 aliphatic heterocycles. The fourth-order valence-corrected chi connectivity index (χ4v) is 5.16. The van der Waals surface area contributed by atoms with Gasteiger partial charge in [-0.15, -0.1) is 0 Å². The van der Waals surface area contributed by atoms with E-state index in [4.69, 9.17) is 0 Å². The summed E-state index contributed by atoms with van der Waals surface area (Å²) in [6.07, 6.45) is 8.24. The van der Waals surface area contributed by atoms with E-state index in [1.54, 1.807) is 0 Å². The summed E-state index contributed by atoms with van der Waals surface area (Å²) in [7, 11) is 0. The van der Waals surface area contributed by atoms with Crippen LogP contribution in [0.4, 0.5) is 5.69 Å². The number of hydrogen-bond donors (Lipinski definition) is 1. The van der Waals surface area contributed by atoms with Crippen LogP contribution in [0.5, 0.6) is 0 Å². The molecular weight excluding hydrogens is 360 g/mol. The number of pyridine rings is 1. The van der Waals surface area contributed by atoms with Crippen molar-refractivity contribution in [2.75, 3.05) is 31.1 Å². The number of carbonyl (C=O) groups excluding carboxylic acids is 1. The molecule has 0 radical (unpaired) electrons. The first-order valence-corrected chi connectivity index (χ1v) is 10.7. The van der Waals surface area contributed by atoms with E-state index in [1.165, 1.54) is 29.5 Å². The number of rotatable bonds is 3. The summed E-state index contributed by atoms with van der Waals surface area (Å²) < 4.78 is 0. The highest BCUT2D eigenvalue weighted by molar-refractivity contribution is 5.92. The lowest BCUT2D eigenvalue weighted by Gasteiger charge is -2.28. The molecule has 1 saturated heterocycles. The average Bonchev–Trinajstić information content (AvgIpc) is 3.68. The van der Waals surface area contributed by atoms with Crippen molar-refractivity contribution in [1.29, 1.82) is 0 Å². The SMILES string of the molecule is O=C(N1CCN(c2ccnc3[nH]ccc23)CC2(CC2)C1)C1(c2ccccc2)CC1. The van der Waals surface area contributed by atoms with Crippen molar-refractivity contribution in [3.8, 4) is 0 Å². The molecule has 1 spiro atoms. The van der Waals surface area contributed by atoms with Gasteiger partial charge in [-0.3, -0.25) is 4.79 Å². The molecule has 1 amide bonds. The van der Waals surface area contributed by atoms with Crippen molar-refractivity contribution in [3.63, 3.8) is 0 Å². The van der Waals surface area contributed by atoms with Crippen LogP contribution in [0, 0.1) is 5.41 Å². The maximum atomic E-state index is 13.7. The summed E-state index contributed by atoms with van der Waals surface area (Å²) in [5.41, 5.74) is 3.35. The summed E-state index contributed by atoms with van der Waals surface area (Å²) >= 11 is 0. The van der Waals surface area contributed by atoms with Gasteiger partial charge < -0.3 is 14.8 Å². The van der Waals surface area contributed by atoms with E-state index in [2.05, 4.69) is 56.2 Å². The second-order valence-electron chi connectivity index (χ2n) is 9.17. The van der Waals surface area contributed by atoms with Crippen molar-refractivity contribution in [1.82, 2.24) is 14.9 Å². The topological polar surface area (TPSA) is 52.2 Å². The number of anilines is 1. The molecule has 2 saturated carbocycles. The van der Waals surface area contributed by atoms with Crippen molar-refractivity contribution >= 4 is 22.6 Å². The predicted octanol–water partition coefficient (Wildman–Crippen LogP) is 3.72. The first-order valence-electron chi connectivity index (χ1n) is 10.7. The molecule has 2 aromatic heterocycles. The van der Waals surface area contributed by atoms with E-state index >= 15 is 0 Å². The van der Waals surface area contributed by atoms with Crippen LogP contribution in [0.2, 0.25) is 0 Å². The molecule has 6 rings (SSSR count). The second-order valence-corrected chi connectivity index (χ2v) is 9.17. The van der Waals surface area contributed by atoms with Crippen LogP contribution in [0.25, 0.3) is 11.0 Å². The van der Waals surface area contributed by atoms with Crippen LogP contribution in [0.1, 0.15) is 31.2 Å². The molecule has 1 aromatic carbocycles. The zero-order valence-corrected chi connectivity index (χ0v) is 16.6. The lowest BCUT2D eigenvalue weighted by atomic mass is 9.93. The van der Waals surface area contributed by atoms with Gasteiger partial charge in [0, 0.05) is 55.1 Å². The molecule has 2 aliphatic carbocycles. The Labute approximate surface area is 170 Å². The number of H-pyrrole nitrogens is 1. The van der Waals surface area contributed by atoms with Crippen LogP contribution < -0.4 is 4.90 Å². The maximum absolute atomic E-state index is 13.7. The third kappa shape index (κ3) is 2.75. The van der Waals surface area contributed by atoms with Gasteiger partial charge in [0.05, 0.1) is 5.41 Å². The molecule has 1 N–H and O–H groups in total. The highest BCUT2D eigenvalue weighted by Crippen LogP contribution is 2.53. The van der Waals surface area contributed by atoms with Gasteiger partial charge in [-0.1, -0.05) is 30.3 Å². The van der Waals surface area contributed by atoms with Crippen molar-refractivity contribution in [2.24, 2.45) is 5.41 Å². The Morgan fingerprint density at radius 2 is 1.79 bits per heavy atom. The zero-order chi connectivity index (χ0) is 19.5. The Morgan fingerprint density at radius 1 is 0.966 bits per heavy atom. The molecule has 3 fully saturated rings. The molecule has 0 atom stereocenters. The monoisotopic (exact) mass is 386 g/mol. The molecule has 0 bridgehead atoms. The van der Waals surface area contributed by atoms with Crippen LogP contribution in [-0.4, -0.2) is 47.0 Å². The van der Waals surface area contributed by atoms with Crippen LogP contribution in [0.3, 0.4) is 0 Å². The van der Waals surface area contributed by atoms with E-state index in [0.717, 1.165) is 44.7 Å². The van der Waals surface area contributed by atoms with Crippen molar-refractivity contribution in [2.45, 2.75) is 31.1 Å². The molecule has 29 heavy (non-hydrogen) atoms. The second kappa shape index (κ2) is 6.09. The summed E-state index contributed by atoms with van der Waals surface area (Å²) in [4.78, 5) is 26.0. The Balaban J connectivity index is 1.29. The van der Waals surface area contributed by atoms with Gasteiger partial charge in [0.1, 0.15) is 5.65 Å². The van der Waals surface area contributed by atoms with Crippen molar-refractivity contribution in [3.05, 3.63) is 60.4 Å². The minimum atomic E-state index is -0.267. The molecule has 0 unspecified atom stereocenters. The molecule has 3 aliphatic rings. The molecule has 5 nitrogen and oxygen atoms in total. The molecule has 3 aromatic rings. The van der Waals surface area contributed by atoms with E-state index in [9.17, 15) is 4.79 Å². The summed E-state index contributed by atoms with van der Waals surface area (Å²) in [5, 5.41) is 1.17. The highest BCUT2D eigenvalue weighted by Gasteiger charge is 2.55. The number of hydrogen-bond acceptors (Lipinski definition) is 3. The molecule has 3 heterocycles. The Morgan fingerprint density at radius 3 is 2.55 bits per heavy atom. The Bertz CT molecular complexity index is 1060. The fourth-order valence-electron chi connectivity index (χ4n) is 5.16. The lowest BCUT2D eigenvalue weighted by molar-refractivity contribution is -0.134. The highest BCUT2D eigenvalue weighted by atomic mass is 16.2. The molecular formula is C24H26N4O. The van der Waals surface area contributed by atoms with Gasteiger partial charge in [0.15, 0.2) is 0 Å². The predicted molar refractivity (Wildman–Crippen MR) is 114 cm³/mol. The minimum absolute atomic E-state index is 0.255. The van der Waals surface area contributed by atoms with E-state index < -0.39 is 0 Å². The van der Waals surface area contributed by atoms with E-state index in [-0.39, 0.29) is 10.8 Å². The number of carbonyl (C=O) groups is 1. The number of nitrogens with one attached hydrogen (secondary N) is 1. The van der Waals surface area contributed by atoms with E-state index in [0.29, 0.717) is 5.91 Å². The summed E-state index contributed by atoms with van der Waals surface area (Å²) in [5.74, 6) is 0.346. The van der Waals surface area contributed by atoms with Crippen LogP contribution in [0.15, 0.2) is 54.9 Å². The molecule has 148 valence electrons. The normalized spacial score (nSPS) is 21.9. The van der Waals surface area contributed by atoms with Crippen LogP contribution in [-0.2, 0) is 10.2 Å². The third-order valence-corrected chi connectivity index (χ3v) is 7.20. The van der Waals surface area contributed by atoms with Gasteiger partial charge >= 0.3 is 0 Å². The Hall–Kier alpha value is -2.82. The first-order chi connectivity index (χ1) is 14.2. The van der Waals surface area contributed by atoms with Crippen LogP contribution >= 0.6 is 0 Å². The maximum Gasteiger partial charge on any atom is 0.233 e. The zero-order valence-electron chi connectivity index (χ0n) is 16.6. The lowest BCUT2D eigenvalue weighted by Crippen LogP contribution is -2.43. The average molecular weight is 386 g/mol. The van der Waals surface area contributed by atoms with Gasteiger partial charge in [-0.05, 0) is 43.4 Å². The standard InChI is InChI=1S/C24H26N4O/c29-22(24(10-11-24)18-4-2-1-3-5-18)28-15-14-27(16-23(17-28)8-9-23)20-7-13-26-21-19(20)6-12-25-21/h1-7,12-13H,8-11,14-17H2,(H,25,26). The summed E-state index contributed by atoms with van der Waals surface area (Å²) in [6, 6.07) is 14.6. The Kier molecular flexibility index (Phi) is 3.58. The molecule has 5 heteroatoms. The number of nitrogens with zero attached hydrogens (tertiary/aromatic N) is 3. The van der Waals surface area contributed by atoms with Crippen molar-refractivity contribution < 1.29 is 4.79 Å². The van der Waals surface area contributed by atoms with Gasteiger partial charge in [0.2, 0.25) is 5.91 Å². The number of amides is 1. The smallest absolute Gasteiger partial charge is 0.233 e. The largest absolute Gasteiger partial charge is 0.368 e. The summed E-state index contributed by atoms with van der Waals surface area (Å²) in [6.45, 7) is 3.60.